The number of nitrogens with zero attached hydrogens (tertiary/aromatic N) is 1. The molecule has 0 aromatic carbocycles. The fraction of sp³-hybridized carbons (Fsp3) is 0.857. The first-order valence-electron chi connectivity index (χ1n) is 19.8. The summed E-state index contributed by atoms with van der Waals surface area (Å²) in [7, 11) is 2.02. The zero-order valence-corrected chi connectivity index (χ0v) is 34.2. The average Bonchev–Trinajstić information content (AvgIpc) is 4.13. The van der Waals surface area contributed by atoms with E-state index in [1.165, 1.54) is 4.90 Å². The van der Waals surface area contributed by atoms with Gasteiger partial charge >= 0.3 is 39.1 Å². The van der Waals surface area contributed by atoms with Gasteiger partial charge in [-0.25, -0.2) is 28.9 Å². The number of amides is 8. The van der Waals surface area contributed by atoms with E-state index < -0.39 is 33.1 Å². The number of rotatable bonds is 32. The number of ether oxygens (including phenoxy) is 4. The van der Waals surface area contributed by atoms with E-state index >= 15 is 0 Å². The standard InChI is InChI=1S/C35H67N7O12Si/c1-48-55(49-2,50-3)24-16-22-37-31(43)36-17-10-8-9-15-23-42(32(44)38-18-11-4-6-13-20-40-34(46)53-27-29-25-51-29)33(45)39-19-12-5-7-14-21-41-35(47)54-28-30-26-52-30/h29-30H,4-28H2,1-3H3,(H,38,44)(H,39,45)(H,40,46)(H,41,47)(H2,36,37,43). The van der Waals surface area contributed by atoms with Crippen LogP contribution in [0.25, 0.3) is 0 Å². The van der Waals surface area contributed by atoms with Gasteiger partial charge in [-0.1, -0.05) is 38.5 Å². The fourth-order valence-corrected chi connectivity index (χ4v) is 7.03. The average molecular weight is 806 g/mol. The number of hydrogen-bond donors (Lipinski definition) is 6. The zero-order valence-electron chi connectivity index (χ0n) is 33.2. The van der Waals surface area contributed by atoms with Crippen LogP contribution >= 0.6 is 0 Å². The second kappa shape index (κ2) is 29.8. The summed E-state index contributed by atoms with van der Waals surface area (Å²) < 4.78 is 36.3. The van der Waals surface area contributed by atoms with Crippen LogP contribution in [0, 0.1) is 0 Å². The Morgan fingerprint density at radius 1 is 0.527 bits per heavy atom. The van der Waals surface area contributed by atoms with Gasteiger partial charge in [0, 0.05) is 73.2 Å². The second-order valence-corrected chi connectivity index (χ2v) is 16.5. The molecule has 2 aliphatic heterocycles. The molecule has 318 valence electrons. The Labute approximate surface area is 327 Å². The van der Waals surface area contributed by atoms with Gasteiger partial charge in [-0.3, -0.25) is 0 Å². The SMILES string of the molecule is CO[Si](CCCNC(=O)NCCCCCCN(C(=O)NCCCCCCNC(=O)OCC1CO1)C(=O)NCCCCCCNC(=O)OCC1CO1)(OC)OC. The summed E-state index contributed by atoms with van der Waals surface area (Å²) in [6.07, 6.45) is 9.36. The molecule has 8 amide bonds. The third kappa shape index (κ3) is 24.6. The molecule has 2 atom stereocenters. The Kier molecular flexibility index (Phi) is 25.9. The molecule has 19 nitrogen and oxygen atoms in total. The summed E-state index contributed by atoms with van der Waals surface area (Å²) in [5, 5.41) is 16.9. The number of nitrogens with one attached hydrogen (secondary N) is 6. The van der Waals surface area contributed by atoms with Crippen molar-refractivity contribution in [3.8, 4) is 0 Å². The predicted molar refractivity (Wildman–Crippen MR) is 205 cm³/mol. The molecule has 0 aromatic rings. The molecule has 0 spiro atoms. The lowest BCUT2D eigenvalue weighted by atomic mass is 10.2. The molecule has 20 heteroatoms. The molecule has 2 rings (SSSR count). The van der Waals surface area contributed by atoms with E-state index in [9.17, 15) is 24.0 Å². The predicted octanol–water partition coefficient (Wildman–Crippen LogP) is 3.21. The number of urea groups is 3. The van der Waals surface area contributed by atoms with Crippen molar-refractivity contribution in [2.75, 3.05) is 93.6 Å². The van der Waals surface area contributed by atoms with E-state index in [-0.39, 0.29) is 38.0 Å². The molecule has 55 heavy (non-hydrogen) atoms. The molecule has 2 heterocycles. The van der Waals surface area contributed by atoms with Crippen LogP contribution in [0.2, 0.25) is 6.04 Å². The zero-order chi connectivity index (χ0) is 40.0. The maximum atomic E-state index is 13.1. The molecule has 0 aliphatic carbocycles. The fourth-order valence-electron chi connectivity index (χ4n) is 5.31. The van der Waals surface area contributed by atoms with Gasteiger partial charge in [0.1, 0.15) is 25.4 Å². The van der Waals surface area contributed by atoms with Gasteiger partial charge in [0.15, 0.2) is 0 Å². The van der Waals surface area contributed by atoms with Crippen LogP contribution in [-0.4, -0.2) is 150 Å². The molecule has 0 radical (unpaired) electrons. The Bertz CT molecular complexity index is 1040. The summed E-state index contributed by atoms with van der Waals surface area (Å²) >= 11 is 0. The quantitative estimate of drug-likeness (QED) is 0.0327. The summed E-state index contributed by atoms with van der Waals surface area (Å²) in [5.74, 6) is 0. The third-order valence-corrected chi connectivity index (χ3v) is 11.7. The highest BCUT2D eigenvalue weighted by Crippen LogP contribution is 2.14. The van der Waals surface area contributed by atoms with Gasteiger partial charge in [0.05, 0.1) is 13.2 Å². The summed E-state index contributed by atoms with van der Waals surface area (Å²) in [6, 6.07) is -0.526. The van der Waals surface area contributed by atoms with Crippen molar-refractivity contribution >= 4 is 39.1 Å². The lowest BCUT2D eigenvalue weighted by molar-refractivity contribution is 0.123. The van der Waals surface area contributed by atoms with Gasteiger partial charge in [-0.2, -0.15) is 0 Å². The van der Waals surface area contributed by atoms with Crippen LogP contribution in [0.1, 0.15) is 83.5 Å². The molecule has 0 saturated carbocycles. The summed E-state index contributed by atoms with van der Waals surface area (Å²) in [4.78, 5) is 62.8. The molecule has 2 saturated heterocycles. The first-order valence-corrected chi connectivity index (χ1v) is 21.7. The van der Waals surface area contributed by atoms with Gasteiger partial charge < -0.3 is 64.1 Å². The molecular weight excluding hydrogens is 739 g/mol. The van der Waals surface area contributed by atoms with Crippen molar-refractivity contribution in [2.45, 2.75) is 102 Å². The number of epoxide rings is 2. The first kappa shape index (κ1) is 47.7. The Morgan fingerprint density at radius 2 is 0.891 bits per heavy atom. The van der Waals surface area contributed by atoms with Crippen LogP contribution in [0.3, 0.4) is 0 Å². The number of imide groups is 1. The van der Waals surface area contributed by atoms with Crippen LogP contribution in [0.5, 0.6) is 0 Å². The summed E-state index contributed by atoms with van der Waals surface area (Å²) in [6.45, 7) is 4.95. The Hall–Kier alpha value is -3.43. The van der Waals surface area contributed by atoms with Gasteiger partial charge in [-0.05, 0) is 44.9 Å². The maximum Gasteiger partial charge on any atom is 0.500 e. The topological polar surface area (TPSA) is 232 Å². The smallest absolute Gasteiger partial charge is 0.447 e. The monoisotopic (exact) mass is 805 g/mol. The van der Waals surface area contributed by atoms with Crippen LogP contribution in [0.15, 0.2) is 0 Å². The highest BCUT2D eigenvalue weighted by molar-refractivity contribution is 6.60. The molecule has 0 bridgehead atoms. The number of hydrogen-bond acceptors (Lipinski definition) is 12. The number of carbonyl (C=O) groups is 5. The number of alkyl carbamates (subject to hydrolysis) is 2. The van der Waals surface area contributed by atoms with E-state index in [4.69, 9.17) is 32.2 Å². The van der Waals surface area contributed by atoms with Crippen LogP contribution in [-0.2, 0) is 32.2 Å². The molecule has 2 aliphatic rings. The van der Waals surface area contributed by atoms with Crippen molar-refractivity contribution in [3.63, 3.8) is 0 Å². The van der Waals surface area contributed by atoms with Gasteiger partial charge in [0.2, 0.25) is 0 Å². The van der Waals surface area contributed by atoms with E-state index in [1.54, 1.807) is 21.3 Å². The number of carbonyl (C=O) groups excluding carboxylic acids is 5. The Balaban J connectivity index is 1.60. The van der Waals surface area contributed by atoms with E-state index in [0.29, 0.717) is 71.4 Å². The minimum absolute atomic E-state index is 0.0357. The van der Waals surface area contributed by atoms with Crippen molar-refractivity contribution < 1.29 is 56.2 Å². The largest absolute Gasteiger partial charge is 0.500 e. The molecule has 2 fully saturated rings. The molecule has 2 unspecified atom stereocenters. The molecule has 0 aromatic heterocycles. The third-order valence-electron chi connectivity index (χ3n) is 8.87. The second-order valence-electron chi connectivity index (χ2n) is 13.4. The summed E-state index contributed by atoms with van der Waals surface area (Å²) in [5.41, 5.74) is 0. The van der Waals surface area contributed by atoms with Crippen molar-refractivity contribution in [1.29, 1.82) is 0 Å². The molecular formula is C35H67N7O12Si. The lowest BCUT2D eigenvalue weighted by Crippen LogP contribution is -2.49. The van der Waals surface area contributed by atoms with Crippen molar-refractivity contribution in [1.82, 2.24) is 36.8 Å². The van der Waals surface area contributed by atoms with Crippen molar-refractivity contribution in [2.24, 2.45) is 0 Å². The highest BCUT2D eigenvalue weighted by atomic mass is 28.4. The van der Waals surface area contributed by atoms with Gasteiger partial charge in [-0.15, -0.1) is 0 Å². The minimum Gasteiger partial charge on any atom is -0.447 e. The highest BCUT2D eigenvalue weighted by Gasteiger charge is 2.36. The van der Waals surface area contributed by atoms with Gasteiger partial charge in [0.25, 0.3) is 0 Å². The maximum absolute atomic E-state index is 13.1. The Morgan fingerprint density at radius 3 is 1.29 bits per heavy atom. The van der Waals surface area contributed by atoms with E-state index in [0.717, 1.165) is 70.6 Å². The minimum atomic E-state index is -2.66. The first-order chi connectivity index (χ1) is 26.7. The van der Waals surface area contributed by atoms with Crippen LogP contribution in [0.4, 0.5) is 24.0 Å². The number of unbranched alkanes of at least 4 members (excludes halogenated alkanes) is 9. The van der Waals surface area contributed by atoms with Crippen molar-refractivity contribution in [3.05, 3.63) is 0 Å². The normalized spacial score (nSPS) is 15.7. The van der Waals surface area contributed by atoms with E-state index in [1.807, 2.05) is 0 Å². The van der Waals surface area contributed by atoms with Crippen LogP contribution < -0.4 is 31.9 Å². The lowest BCUT2D eigenvalue weighted by Gasteiger charge is -2.24. The molecule has 6 N–H and O–H groups in total. The van der Waals surface area contributed by atoms with E-state index in [2.05, 4.69) is 31.9 Å².